The summed E-state index contributed by atoms with van der Waals surface area (Å²) >= 11 is 13.8. The van der Waals surface area contributed by atoms with Crippen molar-refractivity contribution in [3.8, 4) is 0 Å². The lowest BCUT2D eigenvalue weighted by Crippen LogP contribution is -1.90. The van der Waals surface area contributed by atoms with Crippen LogP contribution in [0.2, 0.25) is 5.02 Å². The van der Waals surface area contributed by atoms with Crippen LogP contribution in [0.15, 0.2) is 18.2 Å². The number of benzene rings is 1. The molecular weight excluding hydrogens is 306 g/mol. The Morgan fingerprint density at radius 3 is 2.75 bits per heavy atom. The van der Waals surface area contributed by atoms with E-state index in [-0.39, 0.29) is 0 Å². The summed E-state index contributed by atoms with van der Waals surface area (Å²) in [7, 11) is 0. The van der Waals surface area contributed by atoms with Crippen LogP contribution in [0.5, 0.6) is 0 Å². The monoisotopic (exact) mass is 314 g/mol. The van der Waals surface area contributed by atoms with Crippen LogP contribution in [0.25, 0.3) is 0 Å². The zero-order chi connectivity index (χ0) is 8.97. The van der Waals surface area contributed by atoms with Crippen molar-refractivity contribution in [1.82, 2.24) is 0 Å². The second kappa shape index (κ2) is 5.30. The summed E-state index contributed by atoms with van der Waals surface area (Å²) in [6.07, 6.45) is 2.03. The number of hydrogen-bond donors (Lipinski definition) is 0. The molecular formula is C9H9Cl2I. The van der Waals surface area contributed by atoms with Crippen molar-refractivity contribution < 1.29 is 0 Å². The van der Waals surface area contributed by atoms with Gasteiger partial charge in [0.1, 0.15) is 0 Å². The second-order valence-electron chi connectivity index (χ2n) is 2.51. The van der Waals surface area contributed by atoms with E-state index in [0.717, 1.165) is 21.4 Å². The highest BCUT2D eigenvalue weighted by Gasteiger charge is 2.02. The molecule has 1 aromatic carbocycles. The van der Waals surface area contributed by atoms with E-state index in [2.05, 4.69) is 28.7 Å². The van der Waals surface area contributed by atoms with E-state index in [1.165, 1.54) is 5.56 Å². The molecule has 0 amide bonds. The molecule has 0 unspecified atom stereocenters. The molecule has 0 atom stereocenters. The van der Waals surface area contributed by atoms with Crippen molar-refractivity contribution in [2.75, 3.05) is 5.88 Å². The van der Waals surface area contributed by atoms with Gasteiger partial charge >= 0.3 is 0 Å². The van der Waals surface area contributed by atoms with Crippen molar-refractivity contribution >= 4 is 45.8 Å². The first-order valence-corrected chi connectivity index (χ1v) is 5.73. The van der Waals surface area contributed by atoms with Crippen molar-refractivity contribution in [2.24, 2.45) is 0 Å². The van der Waals surface area contributed by atoms with E-state index in [4.69, 9.17) is 23.2 Å². The Kier molecular flexibility index (Phi) is 4.69. The lowest BCUT2D eigenvalue weighted by Gasteiger charge is -2.03. The molecule has 0 heterocycles. The van der Waals surface area contributed by atoms with Gasteiger partial charge in [0.15, 0.2) is 0 Å². The average Bonchev–Trinajstić information content (AvgIpc) is 2.08. The first-order chi connectivity index (χ1) is 5.75. The summed E-state index contributed by atoms with van der Waals surface area (Å²) in [5, 5.41) is 0.836. The molecule has 66 valence electrons. The van der Waals surface area contributed by atoms with E-state index in [0.29, 0.717) is 5.88 Å². The molecule has 0 bridgehead atoms. The van der Waals surface area contributed by atoms with Gasteiger partial charge in [0.05, 0.1) is 5.02 Å². The highest BCUT2D eigenvalue weighted by atomic mass is 127. The second-order valence-corrected chi connectivity index (χ2v) is 4.37. The quantitative estimate of drug-likeness (QED) is 0.581. The van der Waals surface area contributed by atoms with Crippen LogP contribution < -0.4 is 0 Å². The summed E-state index contributed by atoms with van der Waals surface area (Å²) < 4.78 is 1.15. The van der Waals surface area contributed by atoms with Crippen LogP contribution in [0.4, 0.5) is 0 Å². The molecule has 0 aromatic heterocycles. The lowest BCUT2D eigenvalue weighted by molar-refractivity contribution is 0.923. The minimum atomic E-state index is 0.711. The van der Waals surface area contributed by atoms with Crippen molar-refractivity contribution in [2.45, 2.75) is 12.8 Å². The largest absolute Gasteiger partial charge is 0.127 e. The molecule has 0 spiro atoms. The van der Waals surface area contributed by atoms with Crippen molar-refractivity contribution in [3.63, 3.8) is 0 Å². The average molecular weight is 315 g/mol. The van der Waals surface area contributed by atoms with Gasteiger partial charge in [0, 0.05) is 9.45 Å². The van der Waals surface area contributed by atoms with Crippen LogP contribution in [0, 0.1) is 3.57 Å². The fourth-order valence-corrected chi connectivity index (χ4v) is 1.96. The standard InChI is InChI=1S/C9H9Cl2I/c10-6-2-4-7-3-1-5-8(11)9(7)12/h1,3,5H,2,4,6H2. The van der Waals surface area contributed by atoms with E-state index in [1.54, 1.807) is 0 Å². The lowest BCUT2D eigenvalue weighted by atomic mass is 10.1. The van der Waals surface area contributed by atoms with E-state index < -0.39 is 0 Å². The fourth-order valence-electron chi connectivity index (χ4n) is 0.999. The maximum absolute atomic E-state index is 5.95. The van der Waals surface area contributed by atoms with Gasteiger partial charge in [-0.2, -0.15) is 0 Å². The molecule has 0 saturated heterocycles. The van der Waals surface area contributed by atoms with Crippen molar-refractivity contribution in [3.05, 3.63) is 32.4 Å². The predicted octanol–water partition coefficient (Wildman–Crippen LogP) is 4.12. The third-order valence-corrected chi connectivity index (χ3v) is 3.79. The number of alkyl halides is 1. The summed E-state index contributed by atoms with van der Waals surface area (Å²) in [5.41, 5.74) is 1.30. The van der Waals surface area contributed by atoms with Crippen LogP contribution in [0.1, 0.15) is 12.0 Å². The van der Waals surface area contributed by atoms with Gasteiger partial charge in [-0.15, -0.1) is 11.6 Å². The van der Waals surface area contributed by atoms with Gasteiger partial charge in [-0.3, -0.25) is 0 Å². The molecule has 3 heteroatoms. The molecule has 0 N–H and O–H groups in total. The fraction of sp³-hybridized carbons (Fsp3) is 0.333. The number of rotatable bonds is 3. The molecule has 0 nitrogen and oxygen atoms in total. The van der Waals surface area contributed by atoms with Crippen LogP contribution in [0.3, 0.4) is 0 Å². The third kappa shape index (κ3) is 2.79. The summed E-state index contributed by atoms with van der Waals surface area (Å²) in [6.45, 7) is 0. The van der Waals surface area contributed by atoms with Gasteiger partial charge in [-0.25, -0.2) is 0 Å². The summed E-state index contributed by atoms with van der Waals surface area (Å²) in [6, 6.07) is 5.99. The Labute approximate surface area is 96.4 Å². The van der Waals surface area contributed by atoms with Gasteiger partial charge < -0.3 is 0 Å². The zero-order valence-corrected chi connectivity index (χ0v) is 10.2. The SMILES string of the molecule is ClCCCc1cccc(Cl)c1I. The third-order valence-electron chi connectivity index (χ3n) is 1.61. The van der Waals surface area contributed by atoms with E-state index in [9.17, 15) is 0 Å². The van der Waals surface area contributed by atoms with Crippen LogP contribution >= 0.6 is 45.8 Å². The van der Waals surface area contributed by atoms with E-state index >= 15 is 0 Å². The summed E-state index contributed by atoms with van der Waals surface area (Å²) in [5.74, 6) is 0.711. The molecule has 1 rings (SSSR count). The van der Waals surface area contributed by atoms with E-state index in [1.807, 2.05) is 12.1 Å². The van der Waals surface area contributed by atoms with Gasteiger partial charge in [0.2, 0.25) is 0 Å². The Morgan fingerprint density at radius 2 is 2.08 bits per heavy atom. The molecule has 0 fully saturated rings. The Morgan fingerprint density at radius 1 is 1.33 bits per heavy atom. The topological polar surface area (TPSA) is 0 Å². The first-order valence-electron chi connectivity index (χ1n) is 3.74. The number of hydrogen-bond acceptors (Lipinski definition) is 0. The molecule has 0 aliphatic carbocycles. The Balaban J connectivity index is 2.78. The predicted molar refractivity (Wildman–Crippen MR) is 63.2 cm³/mol. The highest BCUT2D eigenvalue weighted by molar-refractivity contribution is 14.1. The number of aryl methyl sites for hydroxylation is 1. The molecule has 12 heavy (non-hydrogen) atoms. The Bertz CT molecular complexity index is 261. The smallest absolute Gasteiger partial charge is 0.0542 e. The Hall–Kier alpha value is 0.530. The van der Waals surface area contributed by atoms with Gasteiger partial charge in [-0.05, 0) is 47.1 Å². The highest BCUT2D eigenvalue weighted by Crippen LogP contribution is 2.22. The van der Waals surface area contributed by atoms with Crippen LogP contribution in [-0.2, 0) is 6.42 Å². The van der Waals surface area contributed by atoms with Crippen molar-refractivity contribution in [1.29, 1.82) is 0 Å². The molecule has 0 aliphatic heterocycles. The molecule has 0 aliphatic rings. The maximum atomic E-state index is 5.95. The van der Waals surface area contributed by atoms with Crippen LogP contribution in [-0.4, -0.2) is 5.88 Å². The normalized spacial score (nSPS) is 10.2. The molecule has 0 radical (unpaired) electrons. The first kappa shape index (κ1) is 10.6. The molecule has 0 saturated carbocycles. The molecule has 1 aromatic rings. The maximum Gasteiger partial charge on any atom is 0.0542 e. The minimum Gasteiger partial charge on any atom is -0.127 e. The van der Waals surface area contributed by atoms with Gasteiger partial charge in [-0.1, -0.05) is 23.7 Å². The van der Waals surface area contributed by atoms with Gasteiger partial charge in [0.25, 0.3) is 0 Å². The zero-order valence-electron chi connectivity index (χ0n) is 6.49. The minimum absolute atomic E-state index is 0.711. The summed E-state index contributed by atoms with van der Waals surface area (Å²) in [4.78, 5) is 0. The number of halogens is 3.